The van der Waals surface area contributed by atoms with Gasteiger partial charge in [-0.25, -0.2) is 4.79 Å². The van der Waals surface area contributed by atoms with Crippen molar-refractivity contribution in [1.29, 1.82) is 0 Å². The van der Waals surface area contributed by atoms with Gasteiger partial charge in [0.05, 0.1) is 12.7 Å². The van der Waals surface area contributed by atoms with Gasteiger partial charge in [0.15, 0.2) is 0 Å². The van der Waals surface area contributed by atoms with Crippen LogP contribution in [0, 0.1) is 0 Å². The van der Waals surface area contributed by atoms with Gasteiger partial charge in [-0.15, -0.1) is 0 Å². The van der Waals surface area contributed by atoms with Gasteiger partial charge in [-0.2, -0.15) is 0 Å². The van der Waals surface area contributed by atoms with Crippen molar-refractivity contribution in [2.45, 2.75) is 26.0 Å². The molecule has 1 aromatic carbocycles. The second kappa shape index (κ2) is 5.87. The number of hydrogen-bond donors (Lipinski definition) is 1. The topological polar surface area (TPSA) is 62.9 Å². The van der Waals surface area contributed by atoms with Crippen LogP contribution in [-0.2, 0) is 11.3 Å². The lowest BCUT2D eigenvalue weighted by Crippen LogP contribution is -2.41. The molecular weight excluding hydrogens is 270 g/mol. The predicted octanol–water partition coefficient (Wildman–Crippen LogP) is 2.74. The lowest BCUT2D eigenvalue weighted by atomic mass is 10.1. The Balaban J connectivity index is 1.76. The highest BCUT2D eigenvalue weighted by Crippen LogP contribution is 2.22. The smallest absolute Gasteiger partial charge is 0.371 e. The molecule has 2 aromatic rings. The molecule has 0 saturated carbocycles. The van der Waals surface area contributed by atoms with Gasteiger partial charge in [0.25, 0.3) is 0 Å². The fourth-order valence-corrected chi connectivity index (χ4v) is 2.73. The van der Waals surface area contributed by atoms with E-state index in [2.05, 4.69) is 11.8 Å². The number of carbonyl (C=O) groups is 1. The largest absolute Gasteiger partial charge is 0.475 e. The highest BCUT2D eigenvalue weighted by atomic mass is 16.5. The Morgan fingerprint density at radius 2 is 2.29 bits per heavy atom. The first-order valence-electron chi connectivity index (χ1n) is 7.25. The van der Waals surface area contributed by atoms with Crippen LogP contribution < -0.4 is 0 Å². The molecule has 0 radical (unpaired) electrons. The summed E-state index contributed by atoms with van der Waals surface area (Å²) in [6.45, 7) is 5.64. The molecule has 1 N–H and O–H groups in total. The molecule has 5 nitrogen and oxygen atoms in total. The number of carboxylic acids is 1. The predicted molar refractivity (Wildman–Crippen MR) is 78.5 cm³/mol. The second-order valence-electron chi connectivity index (χ2n) is 5.42. The van der Waals surface area contributed by atoms with Crippen molar-refractivity contribution in [3.05, 3.63) is 35.6 Å². The molecule has 0 amide bonds. The van der Waals surface area contributed by atoms with E-state index in [-0.39, 0.29) is 5.76 Å². The Hall–Kier alpha value is -1.85. The third-order valence-corrected chi connectivity index (χ3v) is 3.88. The Labute approximate surface area is 123 Å². The average Bonchev–Trinajstić information content (AvgIpc) is 2.91. The third kappa shape index (κ3) is 3.09. The zero-order valence-corrected chi connectivity index (χ0v) is 12.0. The molecule has 21 heavy (non-hydrogen) atoms. The standard InChI is InChI=1S/C16H19NO4/c1-2-13-10-17(5-6-20-13)9-11-3-4-14-12(7-11)8-15(21-14)16(18)19/h3-4,7-8,13H,2,5-6,9-10H2,1H3,(H,18,19). The number of morpholine rings is 1. The molecule has 3 rings (SSSR count). The summed E-state index contributed by atoms with van der Waals surface area (Å²) in [5.74, 6) is -1.05. The van der Waals surface area contributed by atoms with E-state index in [1.165, 1.54) is 0 Å². The van der Waals surface area contributed by atoms with Crippen LogP contribution >= 0.6 is 0 Å². The fraction of sp³-hybridized carbons (Fsp3) is 0.438. The van der Waals surface area contributed by atoms with Crippen LogP contribution in [0.1, 0.15) is 29.5 Å². The first-order valence-corrected chi connectivity index (χ1v) is 7.25. The number of rotatable bonds is 4. The number of nitrogens with zero attached hydrogens (tertiary/aromatic N) is 1. The van der Waals surface area contributed by atoms with Gasteiger partial charge in [0.1, 0.15) is 5.58 Å². The second-order valence-corrected chi connectivity index (χ2v) is 5.42. The summed E-state index contributed by atoms with van der Waals surface area (Å²) >= 11 is 0. The molecule has 1 unspecified atom stereocenters. The summed E-state index contributed by atoms with van der Waals surface area (Å²) in [5.41, 5.74) is 1.78. The van der Waals surface area contributed by atoms with E-state index < -0.39 is 5.97 Å². The molecule has 5 heteroatoms. The summed E-state index contributed by atoms with van der Waals surface area (Å²) in [5, 5.41) is 9.79. The van der Waals surface area contributed by atoms with E-state index in [1.54, 1.807) is 6.07 Å². The molecule has 1 aliphatic heterocycles. The summed E-state index contributed by atoms with van der Waals surface area (Å²) in [6, 6.07) is 7.42. The van der Waals surface area contributed by atoms with Gasteiger partial charge in [0.2, 0.25) is 5.76 Å². The third-order valence-electron chi connectivity index (χ3n) is 3.88. The van der Waals surface area contributed by atoms with Crippen molar-refractivity contribution in [3.63, 3.8) is 0 Å². The van der Waals surface area contributed by atoms with Gasteiger partial charge in [-0.3, -0.25) is 4.90 Å². The number of hydrogen-bond acceptors (Lipinski definition) is 4. The Morgan fingerprint density at radius 3 is 3.05 bits per heavy atom. The lowest BCUT2D eigenvalue weighted by Gasteiger charge is -2.32. The molecule has 1 fully saturated rings. The molecule has 0 aliphatic carbocycles. The van der Waals surface area contributed by atoms with Gasteiger partial charge < -0.3 is 14.3 Å². The summed E-state index contributed by atoms with van der Waals surface area (Å²) < 4.78 is 10.9. The zero-order valence-electron chi connectivity index (χ0n) is 12.0. The van der Waals surface area contributed by atoms with Crippen LogP contribution in [0.2, 0.25) is 0 Å². The highest BCUT2D eigenvalue weighted by Gasteiger charge is 2.19. The number of aromatic carboxylic acids is 1. The molecule has 1 atom stereocenters. The fourth-order valence-electron chi connectivity index (χ4n) is 2.73. The minimum absolute atomic E-state index is 0.0143. The van der Waals surface area contributed by atoms with Crippen LogP contribution in [0.3, 0.4) is 0 Å². The van der Waals surface area contributed by atoms with E-state index in [4.69, 9.17) is 14.3 Å². The maximum Gasteiger partial charge on any atom is 0.371 e. The van der Waals surface area contributed by atoms with E-state index in [9.17, 15) is 4.79 Å². The minimum atomic E-state index is -1.04. The number of carboxylic acid groups (broad SMARTS) is 1. The van der Waals surface area contributed by atoms with E-state index in [0.29, 0.717) is 11.7 Å². The van der Waals surface area contributed by atoms with Crippen LogP contribution in [0.4, 0.5) is 0 Å². The van der Waals surface area contributed by atoms with Crippen molar-refractivity contribution >= 4 is 16.9 Å². The summed E-state index contributed by atoms with van der Waals surface area (Å²) in [4.78, 5) is 13.3. The van der Waals surface area contributed by atoms with Gasteiger partial charge in [-0.05, 0) is 30.2 Å². The van der Waals surface area contributed by atoms with E-state index in [0.717, 1.165) is 43.6 Å². The van der Waals surface area contributed by atoms with Crippen molar-refractivity contribution in [2.75, 3.05) is 19.7 Å². The monoisotopic (exact) mass is 289 g/mol. The first-order chi connectivity index (χ1) is 10.2. The number of furan rings is 1. The summed E-state index contributed by atoms with van der Waals surface area (Å²) in [7, 11) is 0. The molecule has 1 saturated heterocycles. The Bertz CT molecular complexity index is 649. The minimum Gasteiger partial charge on any atom is -0.475 e. The van der Waals surface area contributed by atoms with Crippen LogP contribution in [0.15, 0.2) is 28.7 Å². The van der Waals surface area contributed by atoms with Crippen molar-refractivity contribution in [2.24, 2.45) is 0 Å². The highest BCUT2D eigenvalue weighted by molar-refractivity contribution is 5.91. The van der Waals surface area contributed by atoms with Crippen LogP contribution in [0.5, 0.6) is 0 Å². The zero-order chi connectivity index (χ0) is 14.8. The SMILES string of the molecule is CCC1CN(Cc2ccc3oc(C(=O)O)cc3c2)CCO1. The van der Waals surface area contributed by atoms with E-state index >= 15 is 0 Å². The first kappa shape index (κ1) is 14.1. The molecule has 0 spiro atoms. The molecule has 112 valence electrons. The number of fused-ring (bicyclic) bond motifs is 1. The Morgan fingerprint density at radius 1 is 1.43 bits per heavy atom. The normalized spacial score (nSPS) is 20.0. The maximum absolute atomic E-state index is 10.9. The van der Waals surface area contributed by atoms with Crippen molar-refractivity contribution in [1.82, 2.24) is 4.90 Å². The van der Waals surface area contributed by atoms with Crippen molar-refractivity contribution in [3.8, 4) is 0 Å². The van der Waals surface area contributed by atoms with Gasteiger partial charge in [0, 0.05) is 25.0 Å². The van der Waals surface area contributed by atoms with Gasteiger partial charge in [-0.1, -0.05) is 13.0 Å². The van der Waals surface area contributed by atoms with E-state index in [1.807, 2.05) is 18.2 Å². The van der Waals surface area contributed by atoms with Crippen molar-refractivity contribution < 1.29 is 19.1 Å². The molecule has 1 aromatic heterocycles. The van der Waals surface area contributed by atoms with Gasteiger partial charge >= 0.3 is 5.97 Å². The summed E-state index contributed by atoms with van der Waals surface area (Å²) in [6.07, 6.45) is 1.34. The molecule has 2 heterocycles. The lowest BCUT2D eigenvalue weighted by molar-refractivity contribution is -0.0324. The number of benzene rings is 1. The van der Waals surface area contributed by atoms with Crippen LogP contribution in [-0.4, -0.2) is 41.8 Å². The Kier molecular flexibility index (Phi) is 3.94. The van der Waals surface area contributed by atoms with Crippen LogP contribution in [0.25, 0.3) is 11.0 Å². The average molecular weight is 289 g/mol. The molecule has 1 aliphatic rings. The molecular formula is C16H19NO4. The quantitative estimate of drug-likeness (QED) is 0.937. The number of ether oxygens (including phenoxy) is 1. The molecule has 0 bridgehead atoms. The maximum atomic E-state index is 10.9.